The number of ether oxygens (including phenoxy) is 1. The number of amides is 2. The number of ketones is 1. The van der Waals surface area contributed by atoms with Crippen LogP contribution in [-0.2, 0) is 28.6 Å². The minimum absolute atomic E-state index is 0.148. The van der Waals surface area contributed by atoms with Crippen molar-refractivity contribution in [3.63, 3.8) is 0 Å². The van der Waals surface area contributed by atoms with Crippen molar-refractivity contribution >= 4 is 23.3 Å². The monoisotopic (exact) mass is 499 g/mol. The fourth-order valence-electron chi connectivity index (χ4n) is 3.42. The maximum absolute atomic E-state index is 13.4. The van der Waals surface area contributed by atoms with E-state index in [0.29, 0.717) is 17.9 Å². The summed E-state index contributed by atoms with van der Waals surface area (Å²) in [5.74, 6) is -0.199. The van der Waals surface area contributed by atoms with Crippen molar-refractivity contribution in [2.24, 2.45) is 0 Å². The third kappa shape index (κ3) is 7.39. The quantitative estimate of drug-likeness (QED) is 0.434. The van der Waals surface area contributed by atoms with Crippen LogP contribution in [0.4, 0.5) is 18.9 Å². The molecule has 0 saturated heterocycles. The van der Waals surface area contributed by atoms with Gasteiger partial charge >= 0.3 is 6.18 Å². The second kappa shape index (κ2) is 11.5. The first-order valence-corrected chi connectivity index (χ1v) is 11.0. The second-order valence-electron chi connectivity index (χ2n) is 7.98. The van der Waals surface area contributed by atoms with Gasteiger partial charge in [-0.25, -0.2) is 0 Å². The number of hydrogen-bond acceptors (Lipinski definition) is 5. The summed E-state index contributed by atoms with van der Waals surface area (Å²) in [4.78, 5) is 39.3. The number of Topliss-reactive ketones (excluding diaryl/α,β-unsaturated/α-hetero) is 1. The first kappa shape index (κ1) is 26.4. The third-order valence-electron chi connectivity index (χ3n) is 5.14. The Balaban J connectivity index is 1.58. The number of aromatic nitrogens is 1. The molecule has 0 spiro atoms. The van der Waals surface area contributed by atoms with Gasteiger partial charge < -0.3 is 15.4 Å². The summed E-state index contributed by atoms with van der Waals surface area (Å²) >= 11 is 0. The number of nitrogens with one attached hydrogen (secondary N) is 2. The van der Waals surface area contributed by atoms with E-state index in [-0.39, 0.29) is 41.5 Å². The summed E-state index contributed by atoms with van der Waals surface area (Å²) in [6, 6.07) is 13.6. The molecular formula is C26H24F3N3O4. The van der Waals surface area contributed by atoms with Gasteiger partial charge in [0.05, 0.1) is 11.3 Å². The molecule has 2 aromatic carbocycles. The minimum atomic E-state index is -4.67. The molecule has 0 aliphatic rings. The Kier molecular flexibility index (Phi) is 8.42. The summed E-state index contributed by atoms with van der Waals surface area (Å²) in [6.07, 6.45) is -2.80. The van der Waals surface area contributed by atoms with Gasteiger partial charge in [0.2, 0.25) is 5.91 Å². The van der Waals surface area contributed by atoms with Crippen LogP contribution >= 0.6 is 0 Å². The number of carbonyl (C=O) groups excluding carboxylic acids is 3. The largest absolute Gasteiger partial charge is 0.457 e. The lowest BCUT2D eigenvalue weighted by molar-refractivity contribution is -0.137. The molecule has 0 aliphatic heterocycles. The summed E-state index contributed by atoms with van der Waals surface area (Å²) in [6.45, 7) is 1.12. The van der Waals surface area contributed by atoms with Gasteiger partial charge in [0.1, 0.15) is 23.0 Å². The highest BCUT2D eigenvalue weighted by Crippen LogP contribution is 2.35. The lowest BCUT2D eigenvalue weighted by atomic mass is 10.00. The number of anilines is 1. The molecule has 36 heavy (non-hydrogen) atoms. The number of benzene rings is 2. The number of alkyl halides is 3. The number of rotatable bonds is 9. The minimum Gasteiger partial charge on any atom is -0.457 e. The molecule has 0 fully saturated rings. The zero-order valence-electron chi connectivity index (χ0n) is 19.6. The average Bonchev–Trinajstić information content (AvgIpc) is 2.83. The highest BCUT2D eigenvalue weighted by atomic mass is 19.4. The maximum atomic E-state index is 13.4. The lowest BCUT2D eigenvalue weighted by Gasteiger charge is -2.14. The summed E-state index contributed by atoms with van der Waals surface area (Å²) in [5.41, 5.74) is -0.0373. The van der Waals surface area contributed by atoms with E-state index in [1.807, 2.05) is 0 Å². The SMILES string of the molecule is CNC(=O)c1cc(Oc2ccc(CCC(=O)Cc3ccc(NC(C)=O)c(C(F)(F)F)c3)cc2)ccn1. The molecule has 2 amide bonds. The number of pyridine rings is 1. The van der Waals surface area contributed by atoms with Gasteiger partial charge in [-0.1, -0.05) is 18.2 Å². The van der Waals surface area contributed by atoms with Crippen molar-refractivity contribution in [2.45, 2.75) is 32.4 Å². The number of nitrogens with zero attached hydrogens (tertiary/aromatic N) is 1. The molecule has 0 unspecified atom stereocenters. The van der Waals surface area contributed by atoms with Crippen molar-refractivity contribution in [3.8, 4) is 11.5 Å². The molecule has 0 bridgehead atoms. The zero-order valence-corrected chi connectivity index (χ0v) is 19.6. The van der Waals surface area contributed by atoms with E-state index in [4.69, 9.17) is 4.74 Å². The van der Waals surface area contributed by atoms with Crippen LogP contribution in [0.1, 0.15) is 40.5 Å². The molecule has 0 saturated carbocycles. The first-order chi connectivity index (χ1) is 17.0. The third-order valence-corrected chi connectivity index (χ3v) is 5.14. The van der Waals surface area contributed by atoms with Crippen LogP contribution in [0.15, 0.2) is 60.8 Å². The standard InChI is InChI=1S/C26H24F3N3O4/c1-16(33)32-23-10-6-18(14-22(23)26(27,28)29)13-19(34)7-3-17-4-8-20(9-5-17)36-21-11-12-31-24(15-21)25(35)30-2/h4-6,8-12,14-15H,3,7,13H2,1-2H3,(H,30,35)(H,32,33). The number of carbonyl (C=O) groups is 3. The zero-order chi connectivity index (χ0) is 26.3. The summed E-state index contributed by atoms with van der Waals surface area (Å²) in [7, 11) is 1.50. The fraction of sp³-hybridized carbons (Fsp3) is 0.231. The maximum Gasteiger partial charge on any atom is 0.418 e. The molecule has 10 heteroatoms. The predicted molar refractivity (Wildman–Crippen MR) is 127 cm³/mol. The van der Waals surface area contributed by atoms with Crippen LogP contribution in [0.3, 0.4) is 0 Å². The Bertz CT molecular complexity index is 1260. The number of halogens is 3. The second-order valence-corrected chi connectivity index (χ2v) is 7.98. The summed E-state index contributed by atoms with van der Waals surface area (Å²) in [5, 5.41) is 4.65. The molecule has 3 aromatic rings. The molecule has 1 heterocycles. The van der Waals surface area contributed by atoms with Crippen molar-refractivity contribution in [1.29, 1.82) is 0 Å². The highest BCUT2D eigenvalue weighted by Gasteiger charge is 2.34. The first-order valence-electron chi connectivity index (χ1n) is 11.0. The normalized spacial score (nSPS) is 11.0. The van der Waals surface area contributed by atoms with E-state index in [1.54, 1.807) is 30.3 Å². The van der Waals surface area contributed by atoms with Gasteiger partial charge in [0.15, 0.2) is 0 Å². The van der Waals surface area contributed by atoms with Gasteiger partial charge in [-0.15, -0.1) is 0 Å². The molecule has 3 rings (SSSR count). The molecule has 0 atom stereocenters. The molecule has 1 aromatic heterocycles. The lowest BCUT2D eigenvalue weighted by Crippen LogP contribution is -2.18. The van der Waals surface area contributed by atoms with E-state index >= 15 is 0 Å². The smallest absolute Gasteiger partial charge is 0.418 e. The van der Waals surface area contributed by atoms with Crippen LogP contribution < -0.4 is 15.4 Å². The van der Waals surface area contributed by atoms with Crippen LogP contribution in [0.25, 0.3) is 0 Å². The molecule has 188 valence electrons. The van der Waals surface area contributed by atoms with Crippen LogP contribution in [-0.4, -0.2) is 29.6 Å². The van der Waals surface area contributed by atoms with E-state index in [9.17, 15) is 27.6 Å². The Morgan fingerprint density at radius 2 is 1.64 bits per heavy atom. The van der Waals surface area contributed by atoms with Crippen LogP contribution in [0.2, 0.25) is 0 Å². The predicted octanol–water partition coefficient (Wildman–Crippen LogP) is 4.96. The molecule has 7 nitrogen and oxygen atoms in total. The van der Waals surface area contributed by atoms with Gasteiger partial charge in [-0.3, -0.25) is 19.4 Å². The van der Waals surface area contributed by atoms with Crippen molar-refractivity contribution in [2.75, 3.05) is 12.4 Å². The van der Waals surface area contributed by atoms with Crippen LogP contribution in [0, 0.1) is 0 Å². The van der Waals surface area contributed by atoms with Gasteiger partial charge in [-0.2, -0.15) is 13.2 Å². The van der Waals surface area contributed by atoms with Crippen molar-refractivity contribution in [1.82, 2.24) is 10.3 Å². The van der Waals surface area contributed by atoms with Crippen molar-refractivity contribution in [3.05, 3.63) is 83.2 Å². The molecule has 2 N–H and O–H groups in total. The fourth-order valence-corrected chi connectivity index (χ4v) is 3.42. The van der Waals surface area contributed by atoms with E-state index < -0.39 is 17.6 Å². The molecule has 0 radical (unpaired) electrons. The Morgan fingerprint density at radius 3 is 2.28 bits per heavy atom. The van der Waals surface area contributed by atoms with Crippen LogP contribution in [0.5, 0.6) is 11.5 Å². The average molecular weight is 499 g/mol. The Morgan fingerprint density at radius 1 is 0.944 bits per heavy atom. The Hall–Kier alpha value is -4.21. The summed E-state index contributed by atoms with van der Waals surface area (Å²) < 4.78 is 45.8. The molecule has 0 aliphatic carbocycles. The highest BCUT2D eigenvalue weighted by molar-refractivity contribution is 5.92. The van der Waals surface area contributed by atoms with Gasteiger partial charge in [0, 0.05) is 39.1 Å². The van der Waals surface area contributed by atoms with E-state index in [0.717, 1.165) is 24.6 Å². The van der Waals surface area contributed by atoms with Gasteiger partial charge in [-0.05, 0) is 47.9 Å². The van der Waals surface area contributed by atoms with E-state index in [2.05, 4.69) is 15.6 Å². The topological polar surface area (TPSA) is 97.4 Å². The van der Waals surface area contributed by atoms with Crippen molar-refractivity contribution < 1.29 is 32.3 Å². The van der Waals surface area contributed by atoms with E-state index in [1.165, 1.54) is 25.4 Å². The van der Waals surface area contributed by atoms with Gasteiger partial charge in [0.25, 0.3) is 5.91 Å². The number of hydrogen-bond donors (Lipinski definition) is 2. The Labute approximate surface area is 205 Å². The number of aryl methyl sites for hydroxylation is 1. The molecular weight excluding hydrogens is 475 g/mol.